The highest BCUT2D eigenvalue weighted by Gasteiger charge is 2.46. The van der Waals surface area contributed by atoms with Crippen molar-refractivity contribution in [1.82, 2.24) is 5.32 Å². The van der Waals surface area contributed by atoms with E-state index >= 15 is 0 Å². The fraction of sp³-hybridized carbons (Fsp3) is 0.875. The lowest BCUT2D eigenvalue weighted by Crippen LogP contribution is -2.41. The van der Waals surface area contributed by atoms with Crippen molar-refractivity contribution in [1.29, 1.82) is 0 Å². The molecule has 5 heteroatoms. The maximum atomic E-state index is 11.4. The van der Waals surface area contributed by atoms with Crippen molar-refractivity contribution in [2.24, 2.45) is 5.92 Å². The summed E-state index contributed by atoms with van der Waals surface area (Å²) < 4.78 is 10.8. The van der Waals surface area contributed by atoms with Crippen LogP contribution in [0.2, 0.25) is 0 Å². The molecule has 0 aromatic carbocycles. The standard InChI is InChI=1S/C8H16NO3P/c1-6(2)5-9-7(10)8(3,4)13(11)12/h6H,5H2,1-4H3,(H-,9,10,11,12)/p+1. The average molecular weight is 206 g/mol. The molecule has 0 aliphatic heterocycles. The molecule has 13 heavy (non-hydrogen) atoms. The molecule has 1 amide bonds. The van der Waals surface area contributed by atoms with Gasteiger partial charge in [0.25, 0.3) is 11.1 Å². The van der Waals surface area contributed by atoms with Crippen LogP contribution in [0.1, 0.15) is 27.7 Å². The van der Waals surface area contributed by atoms with Crippen molar-refractivity contribution in [2.75, 3.05) is 6.54 Å². The van der Waals surface area contributed by atoms with E-state index in [0.717, 1.165) is 0 Å². The number of hydrogen-bond donors (Lipinski definition) is 2. The molecule has 0 heterocycles. The van der Waals surface area contributed by atoms with Gasteiger partial charge in [0.1, 0.15) is 0 Å². The van der Waals surface area contributed by atoms with Crippen molar-refractivity contribution in [3.63, 3.8) is 0 Å². The van der Waals surface area contributed by atoms with Gasteiger partial charge in [-0.25, -0.2) is 0 Å². The van der Waals surface area contributed by atoms with Gasteiger partial charge in [-0.15, -0.1) is 0 Å². The quantitative estimate of drug-likeness (QED) is 0.681. The van der Waals surface area contributed by atoms with Gasteiger partial charge in [-0.3, -0.25) is 4.79 Å². The summed E-state index contributed by atoms with van der Waals surface area (Å²) in [5.74, 6) is -0.0267. The Morgan fingerprint density at radius 2 is 2.00 bits per heavy atom. The number of carbonyl (C=O) groups excluding carboxylic acids is 1. The first kappa shape index (κ1) is 12.5. The van der Waals surface area contributed by atoms with E-state index in [2.05, 4.69) is 5.32 Å². The van der Waals surface area contributed by atoms with Crippen LogP contribution in [0.4, 0.5) is 0 Å². The van der Waals surface area contributed by atoms with Crippen LogP contribution in [0.3, 0.4) is 0 Å². The monoisotopic (exact) mass is 206 g/mol. The molecule has 0 saturated heterocycles. The van der Waals surface area contributed by atoms with Gasteiger partial charge in [-0.2, -0.15) is 4.89 Å². The number of nitrogens with one attached hydrogen (secondary N) is 1. The van der Waals surface area contributed by atoms with E-state index in [1.807, 2.05) is 13.8 Å². The smallest absolute Gasteiger partial charge is 0.352 e. The van der Waals surface area contributed by atoms with Crippen LogP contribution in [0, 0.1) is 5.92 Å². The van der Waals surface area contributed by atoms with E-state index in [4.69, 9.17) is 4.89 Å². The molecule has 0 aliphatic rings. The lowest BCUT2D eigenvalue weighted by Gasteiger charge is -2.12. The highest BCUT2D eigenvalue weighted by Crippen LogP contribution is 2.34. The van der Waals surface area contributed by atoms with Crippen LogP contribution in [-0.4, -0.2) is 22.5 Å². The van der Waals surface area contributed by atoms with Crippen molar-refractivity contribution in [3.8, 4) is 0 Å². The van der Waals surface area contributed by atoms with Gasteiger partial charge in [0.05, 0.1) is 0 Å². The Balaban J connectivity index is 4.18. The van der Waals surface area contributed by atoms with Crippen LogP contribution in [-0.2, 0) is 9.36 Å². The molecule has 0 bridgehead atoms. The largest absolute Gasteiger partial charge is 0.521 e. The minimum absolute atomic E-state index is 0.344. The van der Waals surface area contributed by atoms with Gasteiger partial charge in [-0.05, 0) is 24.3 Å². The maximum Gasteiger partial charge on any atom is 0.521 e. The molecule has 0 aromatic rings. The van der Waals surface area contributed by atoms with E-state index in [-0.39, 0.29) is 5.91 Å². The highest BCUT2D eigenvalue weighted by molar-refractivity contribution is 7.41. The molecule has 0 saturated carbocycles. The second-order valence-electron chi connectivity index (χ2n) is 3.94. The molecular formula is C8H17NO3P+. The summed E-state index contributed by atoms with van der Waals surface area (Å²) >= 11 is 0. The topological polar surface area (TPSA) is 66.4 Å². The minimum atomic E-state index is -2.48. The molecule has 76 valence electrons. The van der Waals surface area contributed by atoms with Crippen LogP contribution < -0.4 is 5.32 Å². The molecule has 0 aromatic heterocycles. The number of hydrogen-bond acceptors (Lipinski definition) is 2. The first-order valence-corrected chi connectivity index (χ1v) is 5.44. The van der Waals surface area contributed by atoms with Gasteiger partial charge in [0.2, 0.25) is 0 Å². The number of carbonyl (C=O) groups is 1. The zero-order valence-corrected chi connectivity index (χ0v) is 9.39. The highest BCUT2D eigenvalue weighted by atomic mass is 31.1. The van der Waals surface area contributed by atoms with Gasteiger partial charge in [-0.1, -0.05) is 13.8 Å². The lowest BCUT2D eigenvalue weighted by atomic mass is 10.1. The zero-order valence-electron chi connectivity index (χ0n) is 8.50. The minimum Gasteiger partial charge on any atom is -0.352 e. The molecule has 0 fully saturated rings. The summed E-state index contributed by atoms with van der Waals surface area (Å²) in [6.45, 7) is 7.38. The molecular weight excluding hydrogens is 189 g/mol. The molecule has 0 radical (unpaired) electrons. The Morgan fingerprint density at radius 1 is 1.54 bits per heavy atom. The van der Waals surface area contributed by atoms with E-state index in [9.17, 15) is 9.36 Å². The molecule has 1 unspecified atom stereocenters. The Kier molecular flexibility index (Phi) is 4.51. The van der Waals surface area contributed by atoms with Gasteiger partial charge >= 0.3 is 8.03 Å². The van der Waals surface area contributed by atoms with Gasteiger partial charge < -0.3 is 5.32 Å². The second kappa shape index (κ2) is 4.68. The summed E-state index contributed by atoms with van der Waals surface area (Å²) in [4.78, 5) is 20.2. The number of rotatable bonds is 4. The SMILES string of the molecule is CC(C)CNC(=O)C(C)(C)[P+](=O)O. The van der Waals surface area contributed by atoms with Gasteiger partial charge in [0, 0.05) is 6.54 Å². The second-order valence-corrected chi connectivity index (χ2v) is 5.60. The average Bonchev–Trinajstić information content (AvgIpc) is 1.99. The third-order valence-corrected chi connectivity index (χ3v) is 2.86. The normalized spacial score (nSPS) is 12.9. The predicted octanol–water partition coefficient (Wildman–Crippen LogP) is 1.27. The lowest BCUT2D eigenvalue weighted by molar-refractivity contribution is -0.123. The molecule has 4 nitrogen and oxygen atoms in total. The molecule has 0 rings (SSSR count). The summed E-state index contributed by atoms with van der Waals surface area (Å²) in [7, 11) is -2.48. The van der Waals surface area contributed by atoms with Crippen LogP contribution >= 0.6 is 8.03 Å². The molecule has 2 N–H and O–H groups in total. The van der Waals surface area contributed by atoms with E-state index in [1.54, 1.807) is 0 Å². The Morgan fingerprint density at radius 3 is 2.31 bits per heavy atom. The van der Waals surface area contributed by atoms with E-state index in [0.29, 0.717) is 12.5 Å². The number of amides is 1. The van der Waals surface area contributed by atoms with Crippen LogP contribution in [0.5, 0.6) is 0 Å². The molecule has 1 atom stereocenters. The first-order valence-electron chi connectivity index (χ1n) is 4.23. The summed E-state index contributed by atoms with van der Waals surface area (Å²) in [5, 5.41) is 1.43. The Labute approximate surface area is 79.6 Å². The van der Waals surface area contributed by atoms with Gasteiger partial charge in [0.15, 0.2) is 0 Å². The molecule has 0 spiro atoms. The third-order valence-electron chi connectivity index (χ3n) is 1.70. The van der Waals surface area contributed by atoms with Crippen LogP contribution in [0.15, 0.2) is 0 Å². The zero-order chi connectivity index (χ0) is 10.6. The predicted molar refractivity (Wildman–Crippen MR) is 51.8 cm³/mol. The summed E-state index contributed by atoms with van der Waals surface area (Å²) in [6, 6.07) is 0. The Bertz CT molecular complexity index is 213. The summed E-state index contributed by atoms with van der Waals surface area (Å²) in [6.07, 6.45) is 0. The molecule has 0 aliphatic carbocycles. The van der Waals surface area contributed by atoms with Crippen molar-refractivity contribution in [3.05, 3.63) is 0 Å². The van der Waals surface area contributed by atoms with Crippen molar-refractivity contribution < 1.29 is 14.3 Å². The Hall–Kier alpha value is -0.470. The van der Waals surface area contributed by atoms with E-state index in [1.165, 1.54) is 13.8 Å². The summed E-state index contributed by atoms with van der Waals surface area (Å²) in [5.41, 5.74) is 0. The van der Waals surface area contributed by atoms with Crippen molar-refractivity contribution >= 4 is 13.9 Å². The van der Waals surface area contributed by atoms with E-state index < -0.39 is 13.2 Å². The fourth-order valence-electron chi connectivity index (χ4n) is 0.600. The van der Waals surface area contributed by atoms with Crippen molar-refractivity contribution in [2.45, 2.75) is 32.9 Å². The van der Waals surface area contributed by atoms with Crippen LogP contribution in [0.25, 0.3) is 0 Å². The first-order chi connectivity index (χ1) is 5.78. The fourth-order valence-corrected chi connectivity index (χ4v) is 0.853. The maximum absolute atomic E-state index is 11.4. The third kappa shape index (κ3) is 3.83.